The van der Waals surface area contributed by atoms with E-state index in [1.807, 2.05) is 30.3 Å². The van der Waals surface area contributed by atoms with Crippen LogP contribution in [0.2, 0.25) is 5.02 Å². The van der Waals surface area contributed by atoms with Crippen molar-refractivity contribution in [1.82, 2.24) is 0 Å². The van der Waals surface area contributed by atoms with Gasteiger partial charge in [0.15, 0.2) is 0 Å². The van der Waals surface area contributed by atoms with Crippen molar-refractivity contribution < 1.29 is 4.48 Å². The Morgan fingerprint density at radius 2 is 1.08 bits per heavy atom. The van der Waals surface area contributed by atoms with E-state index in [1.165, 1.54) is 94.6 Å². The third-order valence-electron chi connectivity index (χ3n) is 5.21. The first-order valence-electron chi connectivity index (χ1n) is 11.0. The van der Waals surface area contributed by atoms with Gasteiger partial charge in [0.25, 0.3) is 0 Å². The summed E-state index contributed by atoms with van der Waals surface area (Å²) in [7, 11) is 4.69. The summed E-state index contributed by atoms with van der Waals surface area (Å²) >= 11 is 5.54. The van der Waals surface area contributed by atoms with Crippen molar-refractivity contribution >= 4 is 11.6 Å². The molecule has 0 radical (unpaired) electrons. The molecular formula is C24H45ClN+. The fourth-order valence-corrected chi connectivity index (χ4v) is 3.10. The van der Waals surface area contributed by atoms with Gasteiger partial charge in [0.2, 0.25) is 0 Å². The monoisotopic (exact) mass is 382 g/mol. The second-order valence-electron chi connectivity index (χ2n) is 8.16. The Morgan fingerprint density at radius 1 is 0.654 bits per heavy atom. The van der Waals surface area contributed by atoms with E-state index in [0.29, 0.717) is 0 Å². The van der Waals surface area contributed by atoms with Gasteiger partial charge in [-0.2, -0.15) is 0 Å². The molecule has 1 aromatic carbocycles. The molecule has 0 saturated heterocycles. The van der Waals surface area contributed by atoms with Crippen LogP contribution in [0, 0.1) is 0 Å². The van der Waals surface area contributed by atoms with Gasteiger partial charge in [0, 0.05) is 5.02 Å². The van der Waals surface area contributed by atoms with Gasteiger partial charge in [-0.1, -0.05) is 101 Å². The highest BCUT2D eigenvalue weighted by Gasteiger charge is 2.09. The van der Waals surface area contributed by atoms with Crippen LogP contribution in [-0.2, 0) is 0 Å². The van der Waals surface area contributed by atoms with Gasteiger partial charge in [-0.15, -0.1) is 0 Å². The normalized spacial score (nSPS) is 11.1. The number of benzene rings is 1. The number of nitrogens with zero attached hydrogens (tertiary/aromatic N) is 1. The largest absolute Gasteiger partial charge is 0.329 e. The molecule has 0 heterocycles. The third kappa shape index (κ3) is 18.3. The topological polar surface area (TPSA) is 0 Å². The predicted octanol–water partition coefficient (Wildman–Crippen LogP) is 8.12. The smallest absolute Gasteiger partial charge is 0.0782 e. The number of hydrogen-bond acceptors (Lipinski definition) is 0. The lowest BCUT2D eigenvalue weighted by molar-refractivity contribution is -0.888. The van der Waals surface area contributed by atoms with E-state index in [4.69, 9.17) is 11.6 Å². The fourth-order valence-electron chi connectivity index (χ4n) is 2.95. The standard InChI is InChI=1S/C18H40N.C6H5Cl/c1-5-7-8-9-10-11-12-13-14-15-16-17-18-19(3,4)6-2;7-6-4-2-1-3-5-6/h5-18H2,1-4H3;1-5H/q+1;. The Labute approximate surface area is 169 Å². The molecule has 0 spiro atoms. The first kappa shape index (κ1) is 25.5. The lowest BCUT2D eigenvalue weighted by Gasteiger charge is -2.28. The van der Waals surface area contributed by atoms with Crippen molar-refractivity contribution in [2.24, 2.45) is 0 Å². The molecule has 0 aromatic heterocycles. The van der Waals surface area contributed by atoms with Crippen molar-refractivity contribution in [2.75, 3.05) is 27.2 Å². The molecule has 0 fully saturated rings. The number of hydrogen-bond donors (Lipinski definition) is 0. The minimum absolute atomic E-state index is 0.794. The zero-order valence-corrected chi connectivity index (χ0v) is 18.9. The maximum atomic E-state index is 5.54. The SMILES string of the molecule is CCCCCCCCCCCCCC[N+](C)(C)CC.Clc1ccccc1. The zero-order chi connectivity index (χ0) is 19.5. The van der Waals surface area contributed by atoms with E-state index in [0.717, 1.165) is 5.02 Å². The van der Waals surface area contributed by atoms with E-state index in [1.54, 1.807) is 0 Å². The highest BCUT2D eigenvalue weighted by atomic mass is 35.5. The Bertz CT molecular complexity index is 388. The van der Waals surface area contributed by atoms with Gasteiger partial charge >= 0.3 is 0 Å². The summed E-state index contributed by atoms with van der Waals surface area (Å²) in [5.74, 6) is 0. The Balaban J connectivity index is 0.000000735. The summed E-state index contributed by atoms with van der Waals surface area (Å²) in [6, 6.07) is 9.44. The average Bonchev–Trinajstić information content (AvgIpc) is 2.64. The molecule has 0 atom stereocenters. The summed E-state index contributed by atoms with van der Waals surface area (Å²) in [5, 5.41) is 0.794. The maximum Gasteiger partial charge on any atom is 0.0782 e. The lowest BCUT2D eigenvalue weighted by atomic mass is 10.1. The van der Waals surface area contributed by atoms with E-state index in [2.05, 4.69) is 27.9 Å². The number of unbranched alkanes of at least 4 members (excludes halogenated alkanes) is 11. The summed E-state index contributed by atoms with van der Waals surface area (Å²) in [4.78, 5) is 0. The van der Waals surface area contributed by atoms with Gasteiger partial charge in [0.1, 0.15) is 0 Å². The predicted molar refractivity (Wildman–Crippen MR) is 120 cm³/mol. The second kappa shape index (κ2) is 17.9. The Morgan fingerprint density at radius 3 is 1.42 bits per heavy atom. The summed E-state index contributed by atoms with van der Waals surface area (Å²) < 4.78 is 1.19. The Kier molecular flexibility index (Phi) is 17.5. The molecule has 1 aromatic rings. The molecule has 1 nitrogen and oxygen atoms in total. The molecule has 1 rings (SSSR count). The summed E-state index contributed by atoms with van der Waals surface area (Å²) in [6.07, 6.45) is 17.4. The van der Waals surface area contributed by atoms with Crippen molar-refractivity contribution in [3.63, 3.8) is 0 Å². The lowest BCUT2D eigenvalue weighted by Crippen LogP contribution is -2.39. The van der Waals surface area contributed by atoms with E-state index in [-0.39, 0.29) is 0 Å². The van der Waals surface area contributed by atoms with Crippen LogP contribution in [0.1, 0.15) is 90.9 Å². The van der Waals surface area contributed by atoms with E-state index < -0.39 is 0 Å². The molecule has 0 bridgehead atoms. The maximum absolute atomic E-state index is 5.54. The molecule has 0 aliphatic heterocycles. The van der Waals surface area contributed by atoms with Crippen LogP contribution in [-0.4, -0.2) is 31.7 Å². The summed E-state index contributed by atoms with van der Waals surface area (Å²) in [5.41, 5.74) is 0. The van der Waals surface area contributed by atoms with Gasteiger partial charge in [0.05, 0.1) is 27.2 Å². The third-order valence-corrected chi connectivity index (χ3v) is 5.46. The van der Waals surface area contributed by atoms with E-state index in [9.17, 15) is 0 Å². The van der Waals surface area contributed by atoms with Crippen LogP contribution in [0.15, 0.2) is 30.3 Å². The highest BCUT2D eigenvalue weighted by Crippen LogP contribution is 2.12. The molecule has 2 heteroatoms. The average molecular weight is 383 g/mol. The van der Waals surface area contributed by atoms with Crippen LogP contribution in [0.4, 0.5) is 0 Å². The van der Waals surface area contributed by atoms with Crippen molar-refractivity contribution in [3.8, 4) is 0 Å². The van der Waals surface area contributed by atoms with Crippen molar-refractivity contribution in [2.45, 2.75) is 90.9 Å². The second-order valence-corrected chi connectivity index (χ2v) is 8.60. The van der Waals surface area contributed by atoms with Gasteiger partial charge in [-0.05, 0) is 31.9 Å². The van der Waals surface area contributed by atoms with Crippen LogP contribution < -0.4 is 0 Å². The molecule has 0 unspecified atom stereocenters. The van der Waals surface area contributed by atoms with Crippen LogP contribution >= 0.6 is 11.6 Å². The first-order chi connectivity index (χ1) is 12.5. The fraction of sp³-hybridized carbons (Fsp3) is 0.750. The number of rotatable bonds is 14. The molecule has 0 N–H and O–H groups in total. The number of halogens is 1. The highest BCUT2D eigenvalue weighted by molar-refractivity contribution is 6.30. The van der Waals surface area contributed by atoms with Gasteiger partial charge in [-0.3, -0.25) is 0 Å². The van der Waals surface area contributed by atoms with Crippen LogP contribution in [0.5, 0.6) is 0 Å². The van der Waals surface area contributed by atoms with E-state index >= 15 is 0 Å². The van der Waals surface area contributed by atoms with Crippen LogP contribution in [0.3, 0.4) is 0 Å². The molecule has 0 saturated carbocycles. The minimum atomic E-state index is 0.794. The van der Waals surface area contributed by atoms with Crippen LogP contribution in [0.25, 0.3) is 0 Å². The number of quaternary nitrogens is 1. The van der Waals surface area contributed by atoms with Crippen molar-refractivity contribution in [1.29, 1.82) is 0 Å². The molecular weight excluding hydrogens is 338 g/mol. The van der Waals surface area contributed by atoms with Gasteiger partial charge in [-0.25, -0.2) is 0 Å². The molecule has 26 heavy (non-hydrogen) atoms. The first-order valence-corrected chi connectivity index (χ1v) is 11.4. The molecule has 0 aliphatic rings. The molecule has 0 amide bonds. The van der Waals surface area contributed by atoms with Crippen molar-refractivity contribution in [3.05, 3.63) is 35.4 Å². The minimum Gasteiger partial charge on any atom is -0.329 e. The Hall–Kier alpha value is -0.530. The van der Waals surface area contributed by atoms with Gasteiger partial charge < -0.3 is 4.48 Å². The molecule has 0 aliphatic carbocycles. The zero-order valence-electron chi connectivity index (χ0n) is 18.1. The molecule has 152 valence electrons. The quantitative estimate of drug-likeness (QED) is 0.225. The summed E-state index contributed by atoms with van der Waals surface area (Å²) in [6.45, 7) is 7.20.